The molecule has 0 radical (unpaired) electrons. The summed E-state index contributed by atoms with van der Waals surface area (Å²) < 4.78 is 6.02. The van der Waals surface area contributed by atoms with Crippen molar-refractivity contribution in [2.75, 3.05) is 29.5 Å². The SMILES string of the molecule is CC(C)(C)O[SiH2]CN(CCNc1ccccc1)c1ccccc1. The van der Waals surface area contributed by atoms with Gasteiger partial charge in [0.1, 0.15) is 0 Å². The van der Waals surface area contributed by atoms with Gasteiger partial charge in [0, 0.05) is 36.2 Å². The zero-order chi connectivity index (χ0) is 16.5. The number of benzene rings is 2. The normalized spacial score (nSPS) is 11.8. The highest BCUT2D eigenvalue weighted by atomic mass is 28.2. The summed E-state index contributed by atoms with van der Waals surface area (Å²) in [5.41, 5.74) is 2.41. The molecule has 0 heterocycles. The lowest BCUT2D eigenvalue weighted by molar-refractivity contribution is 0.138. The number of hydrogen-bond donors (Lipinski definition) is 1. The van der Waals surface area contributed by atoms with E-state index in [1.165, 1.54) is 11.4 Å². The molecular formula is C19H28N2OSi. The molecule has 0 amide bonds. The molecule has 0 saturated carbocycles. The average molecular weight is 329 g/mol. The molecule has 0 fully saturated rings. The Morgan fingerprint density at radius 2 is 1.57 bits per heavy atom. The van der Waals surface area contributed by atoms with Gasteiger partial charge in [0.15, 0.2) is 9.76 Å². The van der Waals surface area contributed by atoms with Crippen molar-refractivity contribution in [3.8, 4) is 0 Å². The fourth-order valence-electron chi connectivity index (χ4n) is 2.36. The maximum absolute atomic E-state index is 6.02. The Labute approximate surface area is 142 Å². The molecule has 0 aliphatic rings. The van der Waals surface area contributed by atoms with Crippen molar-refractivity contribution < 1.29 is 4.43 Å². The Balaban J connectivity index is 1.88. The zero-order valence-corrected chi connectivity index (χ0v) is 15.9. The molecule has 1 N–H and O–H groups in total. The zero-order valence-electron chi connectivity index (χ0n) is 14.5. The molecule has 0 atom stereocenters. The first-order chi connectivity index (χ1) is 11.0. The summed E-state index contributed by atoms with van der Waals surface area (Å²) in [6.45, 7) is 8.28. The van der Waals surface area contributed by atoms with Gasteiger partial charge in [-0.2, -0.15) is 0 Å². The van der Waals surface area contributed by atoms with Gasteiger partial charge in [-0.15, -0.1) is 0 Å². The van der Waals surface area contributed by atoms with Crippen molar-refractivity contribution in [2.24, 2.45) is 0 Å². The molecule has 23 heavy (non-hydrogen) atoms. The van der Waals surface area contributed by atoms with Crippen LogP contribution < -0.4 is 10.2 Å². The quantitative estimate of drug-likeness (QED) is 0.751. The van der Waals surface area contributed by atoms with Crippen molar-refractivity contribution in [1.29, 1.82) is 0 Å². The Hall–Kier alpha value is -1.78. The fourth-order valence-corrected chi connectivity index (χ4v) is 3.77. The fraction of sp³-hybridized carbons (Fsp3) is 0.368. The second-order valence-corrected chi connectivity index (χ2v) is 7.72. The van der Waals surface area contributed by atoms with Crippen LogP contribution in [-0.4, -0.2) is 34.6 Å². The van der Waals surface area contributed by atoms with Crippen molar-refractivity contribution in [3.05, 3.63) is 60.7 Å². The Bertz CT molecular complexity index is 555. The predicted octanol–water partition coefficient (Wildman–Crippen LogP) is 3.46. The Kier molecular flexibility index (Phi) is 6.68. The first-order valence-electron chi connectivity index (χ1n) is 8.27. The van der Waals surface area contributed by atoms with Crippen LogP contribution in [0.3, 0.4) is 0 Å². The number of nitrogens with one attached hydrogen (secondary N) is 1. The van der Waals surface area contributed by atoms with E-state index in [2.05, 4.69) is 85.6 Å². The molecule has 0 saturated heterocycles. The lowest BCUT2D eigenvalue weighted by Gasteiger charge is -2.27. The van der Waals surface area contributed by atoms with Crippen LogP contribution in [0.25, 0.3) is 0 Å². The van der Waals surface area contributed by atoms with Gasteiger partial charge in [-0.3, -0.25) is 0 Å². The van der Waals surface area contributed by atoms with Crippen LogP contribution in [0, 0.1) is 0 Å². The molecule has 0 spiro atoms. The molecule has 0 aromatic heterocycles. The highest BCUT2D eigenvalue weighted by Gasteiger charge is 2.12. The first kappa shape index (κ1) is 17.6. The predicted molar refractivity (Wildman–Crippen MR) is 103 cm³/mol. The monoisotopic (exact) mass is 328 g/mol. The smallest absolute Gasteiger partial charge is 0.181 e. The second kappa shape index (κ2) is 8.75. The Morgan fingerprint density at radius 3 is 2.17 bits per heavy atom. The van der Waals surface area contributed by atoms with Crippen LogP contribution in [0.15, 0.2) is 60.7 Å². The average Bonchev–Trinajstić information content (AvgIpc) is 2.54. The first-order valence-corrected chi connectivity index (χ1v) is 9.85. The second-order valence-electron chi connectivity index (χ2n) is 6.58. The highest BCUT2D eigenvalue weighted by molar-refractivity contribution is 6.28. The van der Waals surface area contributed by atoms with Crippen LogP contribution in [0.4, 0.5) is 11.4 Å². The van der Waals surface area contributed by atoms with E-state index in [0.717, 1.165) is 19.3 Å². The number of para-hydroxylation sites is 2. The summed E-state index contributed by atoms with van der Waals surface area (Å²) in [5, 5.41) is 3.48. The van der Waals surface area contributed by atoms with Crippen molar-refractivity contribution in [1.82, 2.24) is 0 Å². The van der Waals surface area contributed by atoms with Crippen LogP contribution in [0.5, 0.6) is 0 Å². The molecule has 2 aromatic rings. The minimum atomic E-state index is -0.577. The lowest BCUT2D eigenvalue weighted by Crippen LogP contribution is -2.36. The van der Waals surface area contributed by atoms with E-state index in [0.29, 0.717) is 0 Å². The van der Waals surface area contributed by atoms with E-state index >= 15 is 0 Å². The molecule has 0 aliphatic heterocycles. The number of rotatable bonds is 8. The summed E-state index contributed by atoms with van der Waals surface area (Å²) in [6, 6.07) is 21.0. The van der Waals surface area contributed by atoms with Gasteiger partial charge in [0.25, 0.3) is 0 Å². The van der Waals surface area contributed by atoms with E-state index in [1.54, 1.807) is 0 Å². The van der Waals surface area contributed by atoms with Crippen LogP contribution >= 0.6 is 0 Å². The van der Waals surface area contributed by atoms with Crippen LogP contribution in [-0.2, 0) is 4.43 Å². The number of hydrogen-bond acceptors (Lipinski definition) is 3. The maximum atomic E-state index is 6.02. The van der Waals surface area contributed by atoms with Gasteiger partial charge < -0.3 is 14.6 Å². The van der Waals surface area contributed by atoms with Gasteiger partial charge in [0.2, 0.25) is 0 Å². The Morgan fingerprint density at radius 1 is 0.957 bits per heavy atom. The maximum Gasteiger partial charge on any atom is 0.181 e. The molecule has 0 unspecified atom stereocenters. The standard InChI is InChI=1S/C19H28N2OSi/c1-19(2,3)22-23-16-21(18-12-8-5-9-13-18)15-14-20-17-10-6-4-7-11-17/h4-13,20H,14-16,23H2,1-3H3. The molecular weight excluding hydrogens is 300 g/mol. The molecule has 2 rings (SSSR count). The van der Waals surface area contributed by atoms with Gasteiger partial charge in [-0.05, 0) is 45.0 Å². The molecule has 124 valence electrons. The van der Waals surface area contributed by atoms with E-state index in [-0.39, 0.29) is 5.60 Å². The van der Waals surface area contributed by atoms with E-state index in [1.807, 2.05) is 6.07 Å². The third-order valence-corrected chi connectivity index (χ3v) is 5.29. The number of anilines is 2. The van der Waals surface area contributed by atoms with Crippen molar-refractivity contribution in [3.63, 3.8) is 0 Å². The number of nitrogens with zero attached hydrogens (tertiary/aromatic N) is 1. The lowest BCUT2D eigenvalue weighted by atomic mass is 10.2. The van der Waals surface area contributed by atoms with Gasteiger partial charge in [-0.1, -0.05) is 36.4 Å². The van der Waals surface area contributed by atoms with Crippen molar-refractivity contribution >= 4 is 21.1 Å². The summed E-state index contributed by atoms with van der Waals surface area (Å²) in [4.78, 5) is 2.42. The molecule has 2 aromatic carbocycles. The van der Waals surface area contributed by atoms with E-state index < -0.39 is 9.76 Å². The van der Waals surface area contributed by atoms with Gasteiger partial charge in [0.05, 0.1) is 0 Å². The topological polar surface area (TPSA) is 24.5 Å². The van der Waals surface area contributed by atoms with Crippen LogP contribution in [0.2, 0.25) is 0 Å². The molecule has 0 bridgehead atoms. The largest absolute Gasteiger partial charge is 0.418 e. The van der Waals surface area contributed by atoms with Gasteiger partial charge in [-0.25, -0.2) is 0 Å². The minimum absolute atomic E-state index is 0.0309. The highest BCUT2D eigenvalue weighted by Crippen LogP contribution is 2.14. The summed E-state index contributed by atoms with van der Waals surface area (Å²) in [5.74, 6) is 0. The molecule has 0 aliphatic carbocycles. The molecule has 3 nitrogen and oxygen atoms in total. The van der Waals surface area contributed by atoms with Crippen molar-refractivity contribution in [2.45, 2.75) is 26.4 Å². The third-order valence-electron chi connectivity index (χ3n) is 3.50. The minimum Gasteiger partial charge on any atom is -0.418 e. The van der Waals surface area contributed by atoms with E-state index in [9.17, 15) is 0 Å². The van der Waals surface area contributed by atoms with Crippen LogP contribution in [0.1, 0.15) is 20.8 Å². The summed E-state index contributed by atoms with van der Waals surface area (Å²) >= 11 is 0. The molecule has 4 heteroatoms. The van der Waals surface area contributed by atoms with Gasteiger partial charge >= 0.3 is 0 Å². The summed E-state index contributed by atoms with van der Waals surface area (Å²) in [6.07, 6.45) is 1.03. The van der Waals surface area contributed by atoms with E-state index in [4.69, 9.17) is 4.43 Å². The summed E-state index contributed by atoms with van der Waals surface area (Å²) in [7, 11) is -0.577. The third kappa shape index (κ3) is 6.88.